The van der Waals surface area contributed by atoms with E-state index in [4.69, 9.17) is 9.47 Å². The number of hydrogen-bond donors (Lipinski definition) is 2. The minimum Gasteiger partial charge on any atom is -0.493 e. The molecule has 7 heteroatoms. The third-order valence-corrected chi connectivity index (χ3v) is 5.20. The van der Waals surface area contributed by atoms with Crippen LogP contribution >= 0.6 is 0 Å². The molecule has 7 nitrogen and oxygen atoms in total. The number of amides is 1. The molecule has 0 aliphatic carbocycles. The number of carbonyl (C=O) groups is 1. The number of benzene rings is 2. The normalized spacial score (nSPS) is 13.4. The number of carbonyl (C=O) groups excluding carboxylic acids is 1. The number of para-hydroxylation sites is 1. The molecule has 0 spiro atoms. The molecule has 0 fully saturated rings. The van der Waals surface area contributed by atoms with Crippen LogP contribution in [0.1, 0.15) is 17.5 Å². The van der Waals surface area contributed by atoms with E-state index < -0.39 is 0 Å². The van der Waals surface area contributed by atoms with Gasteiger partial charge in [0.25, 0.3) is 0 Å². The molecule has 1 amide bonds. The van der Waals surface area contributed by atoms with Crippen molar-refractivity contribution in [3.8, 4) is 11.5 Å². The zero-order valence-electron chi connectivity index (χ0n) is 17.9. The molecule has 0 aromatic heterocycles. The first kappa shape index (κ1) is 21.5. The number of hydrogen-bond acceptors (Lipinski definition) is 4. The molecule has 160 valence electrons. The van der Waals surface area contributed by atoms with Gasteiger partial charge in [-0.05, 0) is 48.6 Å². The van der Waals surface area contributed by atoms with Crippen molar-refractivity contribution < 1.29 is 14.3 Å². The van der Waals surface area contributed by atoms with Crippen molar-refractivity contribution in [1.29, 1.82) is 0 Å². The van der Waals surface area contributed by atoms with Crippen LogP contribution in [0.2, 0.25) is 0 Å². The Morgan fingerprint density at radius 2 is 1.90 bits per heavy atom. The maximum atomic E-state index is 12.8. The van der Waals surface area contributed by atoms with E-state index in [1.54, 1.807) is 21.3 Å². The number of guanidine groups is 1. The van der Waals surface area contributed by atoms with Crippen LogP contribution in [0.5, 0.6) is 11.5 Å². The molecule has 3 rings (SSSR count). The zero-order chi connectivity index (χ0) is 21.3. The lowest BCUT2D eigenvalue weighted by Crippen LogP contribution is -2.46. The van der Waals surface area contributed by atoms with Crippen molar-refractivity contribution >= 4 is 17.6 Å². The number of rotatable bonds is 7. The Bertz CT molecular complexity index is 898. The summed E-state index contributed by atoms with van der Waals surface area (Å²) >= 11 is 0. The first-order valence-corrected chi connectivity index (χ1v) is 10.2. The fourth-order valence-corrected chi connectivity index (χ4v) is 3.63. The lowest BCUT2D eigenvalue weighted by molar-refractivity contribution is -0.117. The van der Waals surface area contributed by atoms with Gasteiger partial charge in [0.2, 0.25) is 5.91 Å². The number of anilines is 1. The third-order valence-electron chi connectivity index (χ3n) is 5.20. The molecule has 2 aromatic carbocycles. The fourth-order valence-electron chi connectivity index (χ4n) is 3.63. The number of aliphatic imine (C=N–C) groups is 1. The average Bonchev–Trinajstić information content (AvgIpc) is 2.80. The van der Waals surface area contributed by atoms with E-state index in [2.05, 4.69) is 21.7 Å². The monoisotopic (exact) mass is 410 g/mol. The summed E-state index contributed by atoms with van der Waals surface area (Å²) < 4.78 is 10.6. The quantitative estimate of drug-likeness (QED) is 0.542. The molecule has 2 aromatic rings. The van der Waals surface area contributed by atoms with Gasteiger partial charge in [-0.1, -0.05) is 24.3 Å². The number of nitrogens with one attached hydrogen (secondary N) is 2. The van der Waals surface area contributed by atoms with E-state index in [1.807, 2.05) is 41.3 Å². The topological polar surface area (TPSA) is 75.2 Å². The highest BCUT2D eigenvalue weighted by Crippen LogP contribution is 2.28. The van der Waals surface area contributed by atoms with E-state index in [0.717, 1.165) is 37.1 Å². The van der Waals surface area contributed by atoms with Gasteiger partial charge in [-0.2, -0.15) is 0 Å². The lowest BCUT2D eigenvalue weighted by Gasteiger charge is -2.29. The largest absolute Gasteiger partial charge is 0.493 e. The van der Waals surface area contributed by atoms with Crippen LogP contribution < -0.4 is 25.0 Å². The Kier molecular flexibility index (Phi) is 7.54. The molecule has 0 saturated carbocycles. The van der Waals surface area contributed by atoms with Crippen molar-refractivity contribution in [3.05, 3.63) is 53.6 Å². The van der Waals surface area contributed by atoms with Gasteiger partial charge in [-0.15, -0.1) is 0 Å². The minimum absolute atomic E-state index is 0.0463. The van der Waals surface area contributed by atoms with Gasteiger partial charge in [0.05, 0.1) is 20.8 Å². The van der Waals surface area contributed by atoms with E-state index >= 15 is 0 Å². The molecule has 1 aliphatic rings. The standard InChI is InChI=1S/C23H30N4O3/c1-24-23(25-13-12-17-10-11-20(29-2)21(15-17)30-3)26-16-22(28)27-14-6-8-18-7-4-5-9-19(18)27/h4-5,7,9-11,15H,6,8,12-14,16H2,1-3H3,(H2,24,25,26). The number of methoxy groups -OCH3 is 2. The predicted octanol–water partition coefficient (Wildman–Crippen LogP) is 2.39. The Balaban J connectivity index is 1.49. The molecular formula is C23H30N4O3. The molecule has 0 radical (unpaired) electrons. The van der Waals surface area contributed by atoms with Gasteiger partial charge < -0.3 is 25.0 Å². The molecule has 0 bridgehead atoms. The summed E-state index contributed by atoms with van der Waals surface area (Å²) in [6, 6.07) is 14.0. The molecule has 0 atom stereocenters. The van der Waals surface area contributed by atoms with Crippen LogP contribution in [-0.2, 0) is 17.6 Å². The SMILES string of the molecule is CN=C(NCCc1ccc(OC)c(OC)c1)NCC(=O)N1CCCc2ccccc21. The Morgan fingerprint density at radius 1 is 1.10 bits per heavy atom. The highest BCUT2D eigenvalue weighted by Gasteiger charge is 2.21. The van der Waals surface area contributed by atoms with Gasteiger partial charge in [0.15, 0.2) is 17.5 Å². The Labute approximate surface area is 178 Å². The van der Waals surface area contributed by atoms with Crippen LogP contribution in [0.15, 0.2) is 47.5 Å². The molecule has 30 heavy (non-hydrogen) atoms. The van der Waals surface area contributed by atoms with Crippen molar-refractivity contribution in [2.24, 2.45) is 4.99 Å². The predicted molar refractivity (Wildman–Crippen MR) is 120 cm³/mol. The van der Waals surface area contributed by atoms with E-state index in [0.29, 0.717) is 24.0 Å². The van der Waals surface area contributed by atoms with Crippen LogP contribution in [0.25, 0.3) is 0 Å². The molecule has 2 N–H and O–H groups in total. The first-order valence-electron chi connectivity index (χ1n) is 10.2. The van der Waals surface area contributed by atoms with Crippen molar-refractivity contribution in [3.63, 3.8) is 0 Å². The highest BCUT2D eigenvalue weighted by molar-refractivity contribution is 5.98. The van der Waals surface area contributed by atoms with E-state index in [1.165, 1.54) is 5.56 Å². The summed E-state index contributed by atoms with van der Waals surface area (Å²) in [5.74, 6) is 2.08. The highest BCUT2D eigenvalue weighted by atomic mass is 16.5. The lowest BCUT2D eigenvalue weighted by atomic mass is 10.0. The van der Waals surface area contributed by atoms with Crippen LogP contribution in [0.3, 0.4) is 0 Å². The second-order valence-electron chi connectivity index (χ2n) is 7.07. The summed E-state index contributed by atoms with van der Waals surface area (Å²) in [5.41, 5.74) is 3.37. The van der Waals surface area contributed by atoms with Crippen molar-refractivity contribution in [2.75, 3.05) is 45.8 Å². The van der Waals surface area contributed by atoms with Crippen LogP contribution in [0.4, 0.5) is 5.69 Å². The summed E-state index contributed by atoms with van der Waals surface area (Å²) in [6.45, 7) is 1.63. The van der Waals surface area contributed by atoms with Gasteiger partial charge >= 0.3 is 0 Å². The molecule has 1 aliphatic heterocycles. The second-order valence-corrected chi connectivity index (χ2v) is 7.07. The number of aryl methyl sites for hydroxylation is 1. The summed E-state index contributed by atoms with van der Waals surface area (Å²) in [4.78, 5) is 18.8. The molecular weight excluding hydrogens is 380 g/mol. The average molecular weight is 411 g/mol. The van der Waals surface area contributed by atoms with Gasteiger partial charge in [-0.3, -0.25) is 9.79 Å². The maximum absolute atomic E-state index is 12.8. The number of ether oxygens (including phenoxy) is 2. The minimum atomic E-state index is 0.0463. The second kappa shape index (κ2) is 10.5. The maximum Gasteiger partial charge on any atom is 0.246 e. The first-order chi connectivity index (χ1) is 14.7. The zero-order valence-corrected chi connectivity index (χ0v) is 17.9. The number of nitrogens with zero attached hydrogens (tertiary/aromatic N) is 2. The molecule has 0 saturated heterocycles. The van der Waals surface area contributed by atoms with Crippen LogP contribution in [0, 0.1) is 0 Å². The van der Waals surface area contributed by atoms with Crippen LogP contribution in [-0.4, -0.2) is 52.8 Å². The Hall–Kier alpha value is -3.22. The van der Waals surface area contributed by atoms with Gasteiger partial charge in [0.1, 0.15) is 0 Å². The van der Waals surface area contributed by atoms with Gasteiger partial charge in [-0.25, -0.2) is 0 Å². The number of fused-ring (bicyclic) bond motifs is 1. The third kappa shape index (κ3) is 5.23. The summed E-state index contributed by atoms with van der Waals surface area (Å²) in [6.07, 6.45) is 2.79. The molecule has 1 heterocycles. The smallest absolute Gasteiger partial charge is 0.246 e. The van der Waals surface area contributed by atoms with Gasteiger partial charge in [0, 0.05) is 25.8 Å². The van der Waals surface area contributed by atoms with E-state index in [9.17, 15) is 4.79 Å². The van der Waals surface area contributed by atoms with Crippen molar-refractivity contribution in [2.45, 2.75) is 19.3 Å². The summed E-state index contributed by atoms with van der Waals surface area (Å²) in [5, 5.41) is 6.38. The fraction of sp³-hybridized carbons (Fsp3) is 0.391. The van der Waals surface area contributed by atoms with E-state index in [-0.39, 0.29) is 12.5 Å². The van der Waals surface area contributed by atoms with Crippen molar-refractivity contribution in [1.82, 2.24) is 10.6 Å². The molecule has 0 unspecified atom stereocenters. The summed E-state index contributed by atoms with van der Waals surface area (Å²) in [7, 11) is 4.95. The Morgan fingerprint density at radius 3 is 2.67 bits per heavy atom.